The smallest absolute Gasteiger partial charge is 0.320 e. The summed E-state index contributed by atoms with van der Waals surface area (Å²) in [7, 11) is 0. The SMILES string of the molecule is NC1CCCCC1.NCCCC[C@H](N)C(=O)O.O=C(O)CCC(=O)OC(=O)CCC(=O)O.O=Cc1ccc(-c2ccccc2)cc1. The number of ether oxygens (including phenoxy) is 1. The summed E-state index contributed by atoms with van der Waals surface area (Å²) in [4.78, 5) is 62.2. The molecule has 1 saturated carbocycles. The highest BCUT2D eigenvalue weighted by molar-refractivity contribution is 5.88. The van der Waals surface area contributed by atoms with Gasteiger partial charge in [0.1, 0.15) is 12.3 Å². The minimum atomic E-state index is -1.18. The first-order valence-corrected chi connectivity index (χ1v) is 15.1. The van der Waals surface area contributed by atoms with Crippen molar-refractivity contribution in [3.05, 3.63) is 60.2 Å². The molecule has 13 heteroatoms. The number of nitrogens with two attached hydrogens (primary N) is 3. The molecule has 0 aromatic heterocycles. The number of aliphatic carboxylic acids is 3. The van der Waals surface area contributed by atoms with Crippen molar-refractivity contribution in [2.24, 2.45) is 17.2 Å². The second-order valence-corrected chi connectivity index (χ2v) is 10.4. The van der Waals surface area contributed by atoms with Crippen LogP contribution in [0.25, 0.3) is 11.1 Å². The quantitative estimate of drug-likeness (QED) is 0.0786. The van der Waals surface area contributed by atoms with E-state index in [-0.39, 0.29) is 0 Å². The average Bonchev–Trinajstić information content (AvgIpc) is 3.04. The molecule has 46 heavy (non-hydrogen) atoms. The van der Waals surface area contributed by atoms with Crippen LogP contribution in [0.4, 0.5) is 0 Å². The fourth-order valence-electron chi connectivity index (χ4n) is 3.80. The molecule has 254 valence electrons. The van der Waals surface area contributed by atoms with Crippen LogP contribution in [0, 0.1) is 0 Å². The van der Waals surface area contributed by atoms with Crippen molar-refractivity contribution in [3.8, 4) is 11.1 Å². The monoisotopic (exact) mass is 645 g/mol. The Kier molecular flexibility index (Phi) is 23.3. The Labute approximate surface area is 269 Å². The standard InChI is InChI=1S/C13H10O.C8H10O7.C6H14N2O2.C6H13N/c14-10-11-6-8-13(9-7-11)12-4-2-1-3-5-12;9-5(10)1-3-7(13)15-8(14)4-2-6(11)12;7-4-2-1-3-5(8)6(9)10;7-6-4-2-1-3-5-6/h1-10H;1-4H2,(H,9,10)(H,11,12);5H,1-4,7-8H2,(H,9,10);6H,1-5,7H2/t;;5-;/m..0./s1. The summed E-state index contributed by atoms with van der Waals surface area (Å²) in [5.74, 6) is -5.22. The number of carboxylic acid groups (broad SMARTS) is 3. The first-order chi connectivity index (χ1) is 21.9. The Morgan fingerprint density at radius 1 is 0.761 bits per heavy atom. The van der Waals surface area contributed by atoms with E-state index in [0.717, 1.165) is 24.7 Å². The molecule has 0 saturated heterocycles. The molecule has 0 spiro atoms. The minimum Gasteiger partial charge on any atom is -0.481 e. The predicted molar refractivity (Wildman–Crippen MR) is 172 cm³/mol. The van der Waals surface area contributed by atoms with Gasteiger partial charge in [0.05, 0.1) is 25.7 Å². The largest absolute Gasteiger partial charge is 0.481 e. The van der Waals surface area contributed by atoms with Crippen molar-refractivity contribution in [1.29, 1.82) is 0 Å². The van der Waals surface area contributed by atoms with E-state index >= 15 is 0 Å². The molecule has 0 heterocycles. The maximum Gasteiger partial charge on any atom is 0.320 e. The number of carboxylic acids is 3. The normalized spacial score (nSPS) is 12.7. The van der Waals surface area contributed by atoms with Gasteiger partial charge in [-0.05, 0) is 43.4 Å². The Bertz CT molecular complexity index is 1160. The van der Waals surface area contributed by atoms with Gasteiger partial charge >= 0.3 is 29.8 Å². The van der Waals surface area contributed by atoms with Gasteiger partial charge in [0.25, 0.3) is 0 Å². The van der Waals surface area contributed by atoms with Crippen LogP contribution in [0.1, 0.15) is 87.4 Å². The topological polar surface area (TPSA) is 250 Å². The maximum atomic E-state index is 10.7. The molecule has 1 fully saturated rings. The lowest BCUT2D eigenvalue weighted by Crippen LogP contribution is -2.29. The number of unbranched alkanes of at least 4 members (excludes halogenated alkanes) is 1. The molecule has 1 atom stereocenters. The number of aldehydes is 1. The van der Waals surface area contributed by atoms with Gasteiger partial charge in [-0.2, -0.15) is 0 Å². The van der Waals surface area contributed by atoms with Gasteiger partial charge < -0.3 is 37.3 Å². The van der Waals surface area contributed by atoms with E-state index in [4.69, 9.17) is 32.5 Å². The molecule has 1 aliphatic carbocycles. The molecule has 0 aliphatic heterocycles. The second-order valence-electron chi connectivity index (χ2n) is 10.4. The number of carbonyl (C=O) groups excluding carboxylic acids is 3. The zero-order chi connectivity index (χ0) is 34.7. The van der Waals surface area contributed by atoms with Crippen LogP contribution in [-0.2, 0) is 28.7 Å². The molecule has 13 nitrogen and oxygen atoms in total. The first-order valence-electron chi connectivity index (χ1n) is 15.1. The Morgan fingerprint density at radius 2 is 1.26 bits per heavy atom. The summed E-state index contributed by atoms with van der Waals surface area (Å²) in [5, 5.41) is 24.7. The van der Waals surface area contributed by atoms with E-state index in [0.29, 0.717) is 24.6 Å². The maximum absolute atomic E-state index is 10.7. The number of hydrogen-bond donors (Lipinski definition) is 6. The molecular weight excluding hydrogens is 598 g/mol. The third-order valence-corrected chi connectivity index (χ3v) is 6.40. The summed E-state index contributed by atoms with van der Waals surface area (Å²) in [6, 6.07) is 17.5. The number of benzene rings is 2. The second kappa shape index (κ2) is 25.8. The van der Waals surface area contributed by atoms with Crippen molar-refractivity contribution in [1.82, 2.24) is 0 Å². The zero-order valence-corrected chi connectivity index (χ0v) is 26.1. The van der Waals surface area contributed by atoms with Gasteiger partial charge in [0.2, 0.25) is 0 Å². The molecule has 0 amide bonds. The van der Waals surface area contributed by atoms with Crippen molar-refractivity contribution >= 4 is 36.1 Å². The molecule has 2 aromatic rings. The van der Waals surface area contributed by atoms with E-state index in [1.165, 1.54) is 37.7 Å². The summed E-state index contributed by atoms with van der Waals surface area (Å²) < 4.78 is 4.15. The van der Waals surface area contributed by atoms with Crippen LogP contribution < -0.4 is 17.2 Å². The van der Waals surface area contributed by atoms with Crippen LogP contribution in [0.5, 0.6) is 0 Å². The lowest BCUT2D eigenvalue weighted by atomic mass is 9.97. The van der Waals surface area contributed by atoms with E-state index < -0.39 is 61.6 Å². The van der Waals surface area contributed by atoms with Gasteiger partial charge in [-0.25, -0.2) is 0 Å². The number of hydrogen-bond acceptors (Lipinski definition) is 10. The van der Waals surface area contributed by atoms with Crippen molar-refractivity contribution in [2.45, 2.75) is 89.1 Å². The van der Waals surface area contributed by atoms with Crippen LogP contribution in [-0.4, -0.2) is 70.1 Å². The van der Waals surface area contributed by atoms with Gasteiger partial charge in [-0.3, -0.25) is 28.8 Å². The fraction of sp³-hybridized carbons (Fsp3) is 0.455. The highest BCUT2D eigenvalue weighted by Crippen LogP contribution is 2.18. The molecule has 2 aromatic carbocycles. The molecular formula is C33H47N3O10. The van der Waals surface area contributed by atoms with Gasteiger partial charge in [-0.15, -0.1) is 0 Å². The molecule has 3 rings (SSSR count). The number of rotatable bonds is 13. The van der Waals surface area contributed by atoms with E-state index in [1.54, 1.807) is 0 Å². The zero-order valence-electron chi connectivity index (χ0n) is 26.1. The molecule has 0 unspecified atom stereocenters. The van der Waals surface area contributed by atoms with E-state index in [1.807, 2.05) is 42.5 Å². The van der Waals surface area contributed by atoms with Crippen molar-refractivity contribution in [3.63, 3.8) is 0 Å². The van der Waals surface area contributed by atoms with E-state index in [9.17, 15) is 28.8 Å². The van der Waals surface area contributed by atoms with Gasteiger partial charge in [-0.1, -0.05) is 80.3 Å². The molecule has 9 N–H and O–H groups in total. The van der Waals surface area contributed by atoms with Gasteiger partial charge in [0, 0.05) is 11.6 Å². The number of esters is 2. The van der Waals surface area contributed by atoms with Crippen LogP contribution in [0.2, 0.25) is 0 Å². The molecule has 1 aliphatic rings. The summed E-state index contributed by atoms with van der Waals surface area (Å²) in [5.41, 5.74) is 19.1. The van der Waals surface area contributed by atoms with Crippen LogP contribution >= 0.6 is 0 Å². The Morgan fingerprint density at radius 3 is 1.65 bits per heavy atom. The molecule has 0 radical (unpaired) electrons. The predicted octanol–water partition coefficient (Wildman–Crippen LogP) is 3.76. The average molecular weight is 646 g/mol. The van der Waals surface area contributed by atoms with Crippen LogP contribution in [0.3, 0.4) is 0 Å². The summed E-state index contributed by atoms with van der Waals surface area (Å²) >= 11 is 0. The fourth-order valence-corrected chi connectivity index (χ4v) is 3.80. The lowest BCUT2D eigenvalue weighted by Gasteiger charge is -2.15. The summed E-state index contributed by atoms with van der Waals surface area (Å²) in [6.07, 6.45) is 8.01. The third-order valence-electron chi connectivity index (χ3n) is 6.40. The van der Waals surface area contributed by atoms with Gasteiger partial charge in [0.15, 0.2) is 0 Å². The summed E-state index contributed by atoms with van der Waals surface area (Å²) in [6.45, 7) is 0.604. The lowest BCUT2D eigenvalue weighted by molar-refractivity contribution is -0.162. The number of carbonyl (C=O) groups is 6. The minimum absolute atomic E-state index is 0.409. The Hall–Kier alpha value is -4.46. The first kappa shape index (κ1) is 41.5. The van der Waals surface area contributed by atoms with E-state index in [2.05, 4.69) is 16.9 Å². The van der Waals surface area contributed by atoms with Crippen LogP contribution in [0.15, 0.2) is 54.6 Å². The molecule has 0 bridgehead atoms. The third kappa shape index (κ3) is 23.0. The van der Waals surface area contributed by atoms with Crippen molar-refractivity contribution < 1.29 is 48.8 Å². The highest BCUT2D eigenvalue weighted by Gasteiger charge is 2.13. The Balaban J connectivity index is 0.000000607. The highest BCUT2D eigenvalue weighted by atomic mass is 16.6. The van der Waals surface area contributed by atoms with Crippen molar-refractivity contribution in [2.75, 3.05) is 6.54 Å².